The van der Waals surface area contributed by atoms with Crippen LogP contribution in [0, 0.1) is 13.8 Å². The smallest absolute Gasteiger partial charge is 0.161 e. The molecule has 2 N–H and O–H groups in total. The van der Waals surface area contributed by atoms with Gasteiger partial charge in [-0.1, -0.05) is 11.6 Å². The Kier molecular flexibility index (Phi) is 4.58. The van der Waals surface area contributed by atoms with Crippen molar-refractivity contribution in [2.45, 2.75) is 19.9 Å². The summed E-state index contributed by atoms with van der Waals surface area (Å²) >= 11 is 7.89. The highest BCUT2D eigenvalue weighted by atomic mass is 35.5. The molecule has 0 amide bonds. The molecule has 0 bridgehead atoms. The second-order valence-electron chi connectivity index (χ2n) is 4.64. The van der Waals surface area contributed by atoms with Crippen molar-refractivity contribution in [2.75, 3.05) is 14.2 Å². The summed E-state index contributed by atoms with van der Waals surface area (Å²) in [5, 5.41) is 2.77. The second kappa shape index (κ2) is 6.04. The summed E-state index contributed by atoms with van der Waals surface area (Å²) in [6.07, 6.45) is 0. The highest BCUT2D eigenvalue weighted by Crippen LogP contribution is 2.38. The molecule has 1 heterocycles. The first-order valence-corrected chi connectivity index (χ1v) is 7.47. The Morgan fingerprint density at radius 2 is 1.70 bits per heavy atom. The Bertz CT molecular complexity index is 625. The van der Waals surface area contributed by atoms with E-state index in [4.69, 9.17) is 26.8 Å². The molecule has 0 fully saturated rings. The minimum atomic E-state index is -0.263. The quantitative estimate of drug-likeness (QED) is 0.925. The fourth-order valence-electron chi connectivity index (χ4n) is 2.13. The zero-order valence-corrected chi connectivity index (χ0v) is 13.6. The third-order valence-electron chi connectivity index (χ3n) is 3.31. The summed E-state index contributed by atoms with van der Waals surface area (Å²) < 4.78 is 10.6. The molecule has 0 aliphatic rings. The topological polar surface area (TPSA) is 44.5 Å². The molecule has 1 atom stereocenters. The number of aryl methyl sites for hydroxylation is 2. The molecule has 1 unspecified atom stereocenters. The summed E-state index contributed by atoms with van der Waals surface area (Å²) in [6, 6.07) is 3.59. The number of hydrogen-bond donors (Lipinski definition) is 1. The largest absolute Gasteiger partial charge is 0.493 e. The summed E-state index contributed by atoms with van der Waals surface area (Å²) in [6.45, 7) is 3.99. The van der Waals surface area contributed by atoms with Crippen LogP contribution in [0.2, 0.25) is 5.02 Å². The number of ether oxygens (including phenoxy) is 2. The molecule has 0 saturated heterocycles. The van der Waals surface area contributed by atoms with E-state index in [0.29, 0.717) is 11.5 Å². The number of methoxy groups -OCH3 is 2. The average molecular weight is 312 g/mol. The van der Waals surface area contributed by atoms with Crippen LogP contribution in [0.3, 0.4) is 0 Å². The Labute approximate surface area is 128 Å². The predicted octanol–water partition coefficient (Wildman–Crippen LogP) is 4.08. The van der Waals surface area contributed by atoms with Gasteiger partial charge in [-0.05, 0) is 48.1 Å². The number of halogens is 1. The molecule has 5 heteroatoms. The summed E-state index contributed by atoms with van der Waals surface area (Å²) in [7, 11) is 3.24. The van der Waals surface area contributed by atoms with Gasteiger partial charge in [-0.15, -0.1) is 11.3 Å². The van der Waals surface area contributed by atoms with Crippen molar-refractivity contribution in [3.8, 4) is 11.5 Å². The molecule has 2 rings (SSSR count). The molecule has 1 aromatic heterocycles. The fourth-order valence-corrected chi connectivity index (χ4v) is 3.46. The maximum Gasteiger partial charge on any atom is 0.161 e. The highest BCUT2D eigenvalue weighted by Gasteiger charge is 2.20. The van der Waals surface area contributed by atoms with Crippen LogP contribution in [-0.2, 0) is 0 Å². The number of hydrogen-bond acceptors (Lipinski definition) is 4. The van der Waals surface area contributed by atoms with Gasteiger partial charge in [-0.25, -0.2) is 0 Å². The maximum atomic E-state index is 6.38. The molecule has 0 radical (unpaired) electrons. The van der Waals surface area contributed by atoms with Gasteiger partial charge in [-0.3, -0.25) is 0 Å². The number of nitrogens with two attached hydrogens (primary N) is 1. The fraction of sp³-hybridized carbons (Fsp3) is 0.333. The van der Waals surface area contributed by atoms with E-state index in [1.54, 1.807) is 25.6 Å². The standard InChI is InChI=1S/C15H18ClNO2S/c1-8-5-11(18-3)12(19-4)6-10(8)14(17)15-13(16)9(2)7-20-15/h5-7,14H,17H2,1-4H3. The van der Waals surface area contributed by atoms with Crippen LogP contribution in [0.4, 0.5) is 0 Å². The van der Waals surface area contributed by atoms with E-state index in [1.807, 2.05) is 31.4 Å². The van der Waals surface area contributed by atoms with Crippen molar-refractivity contribution in [1.29, 1.82) is 0 Å². The van der Waals surface area contributed by atoms with E-state index >= 15 is 0 Å². The summed E-state index contributed by atoms with van der Waals surface area (Å²) in [5.41, 5.74) is 9.48. The van der Waals surface area contributed by atoms with Gasteiger partial charge in [-0.2, -0.15) is 0 Å². The molecule has 0 saturated carbocycles. The van der Waals surface area contributed by atoms with Crippen LogP contribution < -0.4 is 15.2 Å². The van der Waals surface area contributed by atoms with E-state index in [1.165, 1.54) is 0 Å². The van der Waals surface area contributed by atoms with Gasteiger partial charge in [0.15, 0.2) is 11.5 Å². The van der Waals surface area contributed by atoms with E-state index in [-0.39, 0.29) is 6.04 Å². The van der Waals surface area contributed by atoms with Gasteiger partial charge in [0.1, 0.15) is 0 Å². The zero-order valence-electron chi connectivity index (χ0n) is 12.0. The van der Waals surface area contributed by atoms with E-state index in [2.05, 4.69) is 0 Å². The minimum Gasteiger partial charge on any atom is -0.493 e. The molecule has 0 aliphatic carbocycles. The van der Waals surface area contributed by atoms with Crippen LogP contribution >= 0.6 is 22.9 Å². The van der Waals surface area contributed by atoms with Crippen molar-refractivity contribution in [3.63, 3.8) is 0 Å². The van der Waals surface area contributed by atoms with Crippen LogP contribution in [0.1, 0.15) is 27.6 Å². The van der Waals surface area contributed by atoms with Gasteiger partial charge in [0.2, 0.25) is 0 Å². The van der Waals surface area contributed by atoms with Crippen LogP contribution in [-0.4, -0.2) is 14.2 Å². The number of benzene rings is 1. The molecule has 0 spiro atoms. The van der Waals surface area contributed by atoms with E-state index in [9.17, 15) is 0 Å². The van der Waals surface area contributed by atoms with Crippen molar-refractivity contribution in [3.05, 3.63) is 44.1 Å². The lowest BCUT2D eigenvalue weighted by Crippen LogP contribution is -2.13. The third-order valence-corrected chi connectivity index (χ3v) is 5.11. The Balaban J connectivity index is 2.49. The van der Waals surface area contributed by atoms with E-state index < -0.39 is 0 Å². The normalized spacial score (nSPS) is 12.3. The Hall–Kier alpha value is -1.23. The molecule has 0 aliphatic heterocycles. The average Bonchev–Trinajstić information content (AvgIpc) is 2.78. The zero-order chi connectivity index (χ0) is 14.9. The van der Waals surface area contributed by atoms with Gasteiger partial charge in [0.25, 0.3) is 0 Å². The van der Waals surface area contributed by atoms with Gasteiger partial charge in [0, 0.05) is 4.88 Å². The van der Waals surface area contributed by atoms with Crippen molar-refractivity contribution < 1.29 is 9.47 Å². The highest BCUT2D eigenvalue weighted by molar-refractivity contribution is 7.10. The number of rotatable bonds is 4. The summed E-state index contributed by atoms with van der Waals surface area (Å²) in [4.78, 5) is 0.972. The van der Waals surface area contributed by atoms with Crippen molar-refractivity contribution in [1.82, 2.24) is 0 Å². The molecular weight excluding hydrogens is 294 g/mol. The molecular formula is C15H18ClNO2S. The minimum absolute atomic E-state index is 0.263. The number of thiophene rings is 1. The Morgan fingerprint density at radius 3 is 2.20 bits per heavy atom. The van der Waals surface area contributed by atoms with Gasteiger partial charge in [0.05, 0.1) is 25.3 Å². The molecule has 108 valence electrons. The van der Waals surface area contributed by atoms with Crippen LogP contribution in [0.15, 0.2) is 17.5 Å². The lowest BCUT2D eigenvalue weighted by molar-refractivity contribution is 0.354. The van der Waals surface area contributed by atoms with Crippen LogP contribution in [0.25, 0.3) is 0 Å². The SMILES string of the molecule is COc1cc(C)c(C(N)c2scc(C)c2Cl)cc1OC. The molecule has 1 aromatic carbocycles. The maximum absolute atomic E-state index is 6.38. The first-order valence-electron chi connectivity index (χ1n) is 6.21. The third kappa shape index (κ3) is 2.64. The first kappa shape index (κ1) is 15.2. The molecule has 2 aromatic rings. The predicted molar refractivity (Wildman–Crippen MR) is 84.4 cm³/mol. The lowest BCUT2D eigenvalue weighted by Gasteiger charge is -2.17. The van der Waals surface area contributed by atoms with Crippen LogP contribution in [0.5, 0.6) is 11.5 Å². The van der Waals surface area contributed by atoms with E-state index in [0.717, 1.165) is 26.6 Å². The lowest BCUT2D eigenvalue weighted by atomic mass is 9.99. The van der Waals surface area contributed by atoms with Gasteiger partial charge < -0.3 is 15.2 Å². The van der Waals surface area contributed by atoms with Crippen molar-refractivity contribution in [2.24, 2.45) is 5.73 Å². The second-order valence-corrected chi connectivity index (χ2v) is 5.93. The summed E-state index contributed by atoms with van der Waals surface area (Å²) in [5.74, 6) is 1.38. The van der Waals surface area contributed by atoms with Gasteiger partial charge >= 0.3 is 0 Å². The molecule has 3 nitrogen and oxygen atoms in total. The monoisotopic (exact) mass is 311 g/mol. The van der Waals surface area contributed by atoms with Crippen molar-refractivity contribution >= 4 is 22.9 Å². The first-order chi connectivity index (χ1) is 9.49. The Morgan fingerprint density at radius 1 is 1.10 bits per heavy atom. The molecule has 20 heavy (non-hydrogen) atoms.